The van der Waals surface area contributed by atoms with Crippen LogP contribution in [0.25, 0.3) is 0 Å². The van der Waals surface area contributed by atoms with Crippen molar-refractivity contribution in [3.8, 4) is 0 Å². The van der Waals surface area contributed by atoms with E-state index in [1.807, 2.05) is 11.8 Å². The molecule has 0 saturated carbocycles. The van der Waals surface area contributed by atoms with Gasteiger partial charge in [-0.3, -0.25) is 0 Å². The summed E-state index contributed by atoms with van der Waals surface area (Å²) in [5.41, 5.74) is 1.04. The lowest BCUT2D eigenvalue weighted by atomic mass is 10.2. The fraction of sp³-hybridized carbons (Fsp3) is 0.571. The quantitative estimate of drug-likeness (QED) is 0.585. The average molecular weight is 268 g/mol. The van der Waals surface area contributed by atoms with Gasteiger partial charge in [0.25, 0.3) is 0 Å². The van der Waals surface area contributed by atoms with Crippen LogP contribution in [0.1, 0.15) is 24.7 Å². The zero-order chi connectivity index (χ0) is 12.8. The summed E-state index contributed by atoms with van der Waals surface area (Å²) < 4.78 is 16.0. The van der Waals surface area contributed by atoms with Gasteiger partial charge in [0.1, 0.15) is 0 Å². The maximum Gasteiger partial charge on any atom is 0.183 e. The normalized spacial score (nSPS) is 19.6. The van der Waals surface area contributed by atoms with Gasteiger partial charge in [-0.05, 0) is 25.0 Å². The molecule has 0 spiro atoms. The van der Waals surface area contributed by atoms with E-state index in [9.17, 15) is 0 Å². The van der Waals surface area contributed by atoms with Crippen molar-refractivity contribution in [2.75, 3.05) is 26.6 Å². The summed E-state index contributed by atoms with van der Waals surface area (Å²) in [7, 11) is 3.29. The highest BCUT2D eigenvalue weighted by atomic mass is 32.2. The number of rotatable bonds is 6. The Balaban J connectivity index is 1.86. The molecule has 1 aliphatic heterocycles. The molecule has 100 valence electrons. The van der Waals surface area contributed by atoms with Crippen molar-refractivity contribution in [1.29, 1.82) is 0 Å². The Bertz CT molecular complexity index is 343. The minimum absolute atomic E-state index is 0.276. The number of ether oxygens (including phenoxy) is 3. The maximum atomic E-state index is 5.61. The Labute approximate surface area is 113 Å². The molecule has 1 fully saturated rings. The molecule has 0 N–H and O–H groups in total. The van der Waals surface area contributed by atoms with Crippen LogP contribution in [0.5, 0.6) is 0 Å². The highest BCUT2D eigenvalue weighted by Crippen LogP contribution is 2.26. The summed E-state index contributed by atoms with van der Waals surface area (Å²) in [6, 6.07) is 8.32. The van der Waals surface area contributed by atoms with Gasteiger partial charge < -0.3 is 14.2 Å². The van der Waals surface area contributed by atoms with E-state index in [4.69, 9.17) is 14.2 Å². The maximum absolute atomic E-state index is 5.61. The summed E-state index contributed by atoms with van der Waals surface area (Å²) in [4.78, 5) is 1.26. The summed E-state index contributed by atoms with van der Waals surface area (Å²) in [6.07, 6.45) is 2.55. The largest absolute Gasteiger partial charge is 0.377 e. The smallest absolute Gasteiger partial charge is 0.183 e. The first kappa shape index (κ1) is 13.9. The van der Waals surface area contributed by atoms with Crippen LogP contribution in [-0.4, -0.2) is 32.7 Å². The van der Waals surface area contributed by atoms with Gasteiger partial charge in [0.2, 0.25) is 0 Å². The van der Waals surface area contributed by atoms with Gasteiger partial charge in [-0.25, -0.2) is 0 Å². The van der Waals surface area contributed by atoms with Crippen LogP contribution in [0.4, 0.5) is 0 Å². The summed E-state index contributed by atoms with van der Waals surface area (Å²) in [5.74, 6) is 1.04. The fourth-order valence-electron chi connectivity index (χ4n) is 2.05. The first-order chi connectivity index (χ1) is 8.83. The molecule has 1 unspecified atom stereocenters. The molecule has 4 heteroatoms. The topological polar surface area (TPSA) is 27.7 Å². The van der Waals surface area contributed by atoms with Gasteiger partial charge in [0, 0.05) is 37.0 Å². The fourth-order valence-corrected chi connectivity index (χ4v) is 3.02. The van der Waals surface area contributed by atoms with Gasteiger partial charge in [-0.15, -0.1) is 11.8 Å². The SMILES string of the molecule is COC(OC)c1ccc(SCC2CCCO2)cc1. The van der Waals surface area contributed by atoms with E-state index in [1.165, 1.54) is 17.7 Å². The number of thioether (sulfide) groups is 1. The van der Waals surface area contributed by atoms with E-state index in [1.54, 1.807) is 14.2 Å². The van der Waals surface area contributed by atoms with E-state index in [0.717, 1.165) is 17.9 Å². The van der Waals surface area contributed by atoms with Crippen molar-refractivity contribution in [2.45, 2.75) is 30.1 Å². The summed E-state index contributed by atoms with van der Waals surface area (Å²) in [5, 5.41) is 0. The van der Waals surface area contributed by atoms with Crippen molar-refractivity contribution >= 4 is 11.8 Å². The molecule has 18 heavy (non-hydrogen) atoms. The molecule has 1 aliphatic rings. The second-order valence-electron chi connectivity index (χ2n) is 4.32. The number of hydrogen-bond donors (Lipinski definition) is 0. The highest BCUT2D eigenvalue weighted by molar-refractivity contribution is 7.99. The molecule has 0 bridgehead atoms. The first-order valence-corrected chi connectivity index (χ1v) is 7.22. The van der Waals surface area contributed by atoms with Gasteiger partial charge in [0.15, 0.2) is 6.29 Å². The number of benzene rings is 1. The Morgan fingerprint density at radius 1 is 1.28 bits per heavy atom. The third-order valence-electron chi connectivity index (χ3n) is 3.04. The van der Waals surface area contributed by atoms with E-state index in [0.29, 0.717) is 6.10 Å². The predicted octanol–water partition coefficient (Wildman–Crippen LogP) is 3.25. The standard InChI is InChI=1S/C14H20O3S/c1-15-14(16-2)11-5-7-13(8-6-11)18-10-12-4-3-9-17-12/h5-8,12,14H,3-4,9-10H2,1-2H3. The molecule has 1 aromatic rings. The minimum Gasteiger partial charge on any atom is -0.377 e. The molecule has 0 aromatic heterocycles. The highest BCUT2D eigenvalue weighted by Gasteiger charge is 2.15. The van der Waals surface area contributed by atoms with Crippen LogP contribution in [0.15, 0.2) is 29.2 Å². The van der Waals surface area contributed by atoms with Crippen LogP contribution < -0.4 is 0 Å². The summed E-state index contributed by atoms with van der Waals surface area (Å²) >= 11 is 1.85. The molecule has 1 atom stereocenters. The zero-order valence-electron chi connectivity index (χ0n) is 10.9. The van der Waals surface area contributed by atoms with Crippen molar-refractivity contribution in [1.82, 2.24) is 0 Å². The average Bonchev–Trinajstić information content (AvgIpc) is 2.92. The van der Waals surface area contributed by atoms with E-state index in [-0.39, 0.29) is 6.29 Å². The lowest BCUT2D eigenvalue weighted by molar-refractivity contribution is -0.106. The predicted molar refractivity (Wildman–Crippen MR) is 72.9 cm³/mol. The lowest BCUT2D eigenvalue weighted by Gasteiger charge is -2.14. The van der Waals surface area contributed by atoms with Crippen LogP contribution in [-0.2, 0) is 14.2 Å². The second kappa shape index (κ2) is 7.14. The number of hydrogen-bond acceptors (Lipinski definition) is 4. The lowest BCUT2D eigenvalue weighted by Crippen LogP contribution is -2.07. The van der Waals surface area contributed by atoms with Crippen LogP contribution in [0.3, 0.4) is 0 Å². The van der Waals surface area contributed by atoms with Crippen molar-refractivity contribution in [2.24, 2.45) is 0 Å². The van der Waals surface area contributed by atoms with E-state index < -0.39 is 0 Å². The third kappa shape index (κ3) is 3.72. The molecule has 3 nitrogen and oxygen atoms in total. The molecule has 0 amide bonds. The van der Waals surface area contributed by atoms with Crippen LogP contribution in [0.2, 0.25) is 0 Å². The molecule has 2 rings (SSSR count). The molecule has 1 heterocycles. The first-order valence-electron chi connectivity index (χ1n) is 6.23. The molecular formula is C14H20O3S. The molecule has 0 radical (unpaired) electrons. The summed E-state index contributed by atoms with van der Waals surface area (Å²) in [6.45, 7) is 0.924. The van der Waals surface area contributed by atoms with Crippen molar-refractivity contribution in [3.05, 3.63) is 29.8 Å². The second-order valence-corrected chi connectivity index (χ2v) is 5.41. The van der Waals surface area contributed by atoms with Gasteiger partial charge in [-0.2, -0.15) is 0 Å². The van der Waals surface area contributed by atoms with Gasteiger partial charge >= 0.3 is 0 Å². The third-order valence-corrected chi connectivity index (χ3v) is 4.18. The van der Waals surface area contributed by atoms with E-state index >= 15 is 0 Å². The Hall–Kier alpha value is -0.550. The minimum atomic E-state index is -0.276. The van der Waals surface area contributed by atoms with Crippen LogP contribution in [0, 0.1) is 0 Å². The molecule has 1 saturated heterocycles. The van der Waals surface area contributed by atoms with Crippen molar-refractivity contribution in [3.63, 3.8) is 0 Å². The van der Waals surface area contributed by atoms with Gasteiger partial charge in [-0.1, -0.05) is 12.1 Å². The molecule has 0 aliphatic carbocycles. The van der Waals surface area contributed by atoms with Crippen LogP contribution >= 0.6 is 11.8 Å². The van der Waals surface area contributed by atoms with E-state index in [2.05, 4.69) is 24.3 Å². The monoisotopic (exact) mass is 268 g/mol. The molecular weight excluding hydrogens is 248 g/mol. The van der Waals surface area contributed by atoms with Gasteiger partial charge in [0.05, 0.1) is 6.10 Å². The number of methoxy groups -OCH3 is 2. The Morgan fingerprint density at radius 2 is 2.00 bits per heavy atom. The Morgan fingerprint density at radius 3 is 2.56 bits per heavy atom. The zero-order valence-corrected chi connectivity index (χ0v) is 11.7. The Kier molecular flexibility index (Phi) is 5.50. The molecule has 1 aromatic carbocycles. The van der Waals surface area contributed by atoms with Crippen molar-refractivity contribution < 1.29 is 14.2 Å².